The lowest BCUT2D eigenvalue weighted by Gasteiger charge is -2.30. The number of aromatic hydroxyl groups is 2. The van der Waals surface area contributed by atoms with Gasteiger partial charge in [0.05, 0.1) is 0 Å². The maximum Gasteiger partial charge on any atom is 0.323 e. The summed E-state index contributed by atoms with van der Waals surface area (Å²) in [5.41, 5.74) is 0.245. The predicted molar refractivity (Wildman–Crippen MR) is 69.1 cm³/mol. The smallest absolute Gasteiger partial charge is 0.323 e. The van der Waals surface area contributed by atoms with Gasteiger partial charge in [-0.15, -0.1) is 0 Å². The molecule has 0 spiro atoms. The molecule has 1 unspecified atom stereocenters. The lowest BCUT2D eigenvalue weighted by atomic mass is 10.0. The van der Waals surface area contributed by atoms with E-state index < -0.39 is 18.1 Å². The molecule has 0 amide bonds. The number of phenolic OH excluding ortho intramolecular Hbond substituents is 2. The second-order valence-corrected chi connectivity index (χ2v) is 4.20. The molecule has 0 aromatic heterocycles. The van der Waals surface area contributed by atoms with Gasteiger partial charge in [0, 0.05) is 0 Å². The van der Waals surface area contributed by atoms with Crippen molar-refractivity contribution in [3.63, 3.8) is 0 Å². The molecule has 1 aromatic carbocycles. The van der Waals surface area contributed by atoms with Gasteiger partial charge in [-0.1, -0.05) is 19.9 Å². The number of hydrogen-bond acceptors (Lipinski definition) is 5. The third kappa shape index (κ3) is 3.36. The van der Waals surface area contributed by atoms with Gasteiger partial charge in [0.2, 0.25) is 0 Å². The van der Waals surface area contributed by atoms with Gasteiger partial charge in [0.25, 0.3) is 0 Å². The van der Waals surface area contributed by atoms with Crippen LogP contribution in [-0.2, 0) is 4.79 Å². The van der Waals surface area contributed by atoms with Gasteiger partial charge in [0.15, 0.2) is 11.5 Å². The number of carboxylic acid groups (broad SMARTS) is 1. The summed E-state index contributed by atoms with van der Waals surface area (Å²) in [7, 11) is 0. The number of aliphatic carboxylic acids is 1. The minimum absolute atomic E-state index is 0.245. The van der Waals surface area contributed by atoms with Crippen LogP contribution in [0.3, 0.4) is 0 Å². The molecule has 0 aliphatic carbocycles. The number of carboxylic acids is 1. The standard InChI is InChI=1S/C13H19NO5/c1-3-14(4-2)11(13(18)19)12(17)8-5-6-9(15)10(16)7-8/h5-7,11-12,15-17H,3-4H2,1-2H3,(H,18,19)/t11-,12?/m0/s1. The zero-order chi connectivity index (χ0) is 14.6. The maximum absolute atomic E-state index is 11.3. The molecule has 0 saturated carbocycles. The molecule has 4 N–H and O–H groups in total. The first kappa shape index (κ1) is 15.3. The molecule has 106 valence electrons. The minimum Gasteiger partial charge on any atom is -0.504 e. The summed E-state index contributed by atoms with van der Waals surface area (Å²) < 4.78 is 0. The Hall–Kier alpha value is -1.79. The second-order valence-electron chi connectivity index (χ2n) is 4.20. The van der Waals surface area contributed by atoms with Crippen molar-refractivity contribution in [2.45, 2.75) is 26.0 Å². The molecular weight excluding hydrogens is 250 g/mol. The quantitative estimate of drug-likeness (QED) is 0.573. The summed E-state index contributed by atoms with van der Waals surface area (Å²) in [5.74, 6) is -1.84. The summed E-state index contributed by atoms with van der Waals surface area (Å²) in [6, 6.07) is 2.67. The Balaban J connectivity index is 3.08. The molecule has 0 radical (unpaired) electrons. The zero-order valence-corrected chi connectivity index (χ0v) is 10.9. The van der Waals surface area contributed by atoms with E-state index in [0.29, 0.717) is 13.1 Å². The SMILES string of the molecule is CCN(CC)[C@H](C(=O)O)C(O)c1ccc(O)c(O)c1. The molecule has 0 aliphatic heterocycles. The summed E-state index contributed by atoms with van der Waals surface area (Å²) in [5, 5.41) is 38.0. The van der Waals surface area contributed by atoms with Crippen LogP contribution in [0.4, 0.5) is 0 Å². The minimum atomic E-state index is -1.29. The topological polar surface area (TPSA) is 101 Å². The lowest BCUT2D eigenvalue weighted by Crippen LogP contribution is -2.45. The molecule has 1 rings (SSSR count). The summed E-state index contributed by atoms with van der Waals surface area (Å²) >= 11 is 0. The third-order valence-corrected chi connectivity index (χ3v) is 3.10. The van der Waals surface area contributed by atoms with Crippen molar-refractivity contribution in [2.75, 3.05) is 13.1 Å². The van der Waals surface area contributed by atoms with Crippen molar-refractivity contribution >= 4 is 5.97 Å². The Morgan fingerprint density at radius 3 is 2.21 bits per heavy atom. The van der Waals surface area contributed by atoms with Crippen molar-refractivity contribution in [3.05, 3.63) is 23.8 Å². The molecule has 0 fully saturated rings. The van der Waals surface area contributed by atoms with Gasteiger partial charge >= 0.3 is 5.97 Å². The first-order valence-corrected chi connectivity index (χ1v) is 6.09. The van der Waals surface area contributed by atoms with Crippen LogP contribution in [0.15, 0.2) is 18.2 Å². The predicted octanol–water partition coefficient (Wildman–Crippen LogP) is 0.926. The van der Waals surface area contributed by atoms with Crippen molar-refractivity contribution in [2.24, 2.45) is 0 Å². The fraction of sp³-hybridized carbons (Fsp3) is 0.462. The first-order chi connectivity index (χ1) is 8.92. The van der Waals surface area contributed by atoms with Crippen molar-refractivity contribution < 1.29 is 25.2 Å². The molecule has 6 nitrogen and oxygen atoms in total. The Morgan fingerprint density at radius 2 is 1.79 bits per heavy atom. The fourth-order valence-corrected chi connectivity index (χ4v) is 2.01. The molecule has 0 heterocycles. The molecule has 2 atom stereocenters. The van der Waals surface area contributed by atoms with E-state index in [0.717, 1.165) is 0 Å². The van der Waals surface area contributed by atoms with Gasteiger partial charge in [-0.25, -0.2) is 0 Å². The molecule has 19 heavy (non-hydrogen) atoms. The molecule has 6 heteroatoms. The van der Waals surface area contributed by atoms with E-state index in [-0.39, 0.29) is 17.1 Å². The average molecular weight is 269 g/mol. The number of aliphatic hydroxyl groups is 1. The van der Waals surface area contributed by atoms with Gasteiger partial charge in [-0.2, -0.15) is 0 Å². The Morgan fingerprint density at radius 1 is 1.21 bits per heavy atom. The number of carbonyl (C=O) groups is 1. The molecular formula is C13H19NO5. The van der Waals surface area contributed by atoms with E-state index in [1.807, 2.05) is 0 Å². The number of aliphatic hydroxyl groups excluding tert-OH is 1. The highest BCUT2D eigenvalue weighted by Gasteiger charge is 2.32. The van der Waals surface area contributed by atoms with E-state index in [9.17, 15) is 25.2 Å². The van der Waals surface area contributed by atoms with Crippen molar-refractivity contribution in [1.29, 1.82) is 0 Å². The van der Waals surface area contributed by atoms with E-state index in [1.54, 1.807) is 18.7 Å². The lowest BCUT2D eigenvalue weighted by molar-refractivity contribution is -0.148. The highest BCUT2D eigenvalue weighted by atomic mass is 16.4. The highest BCUT2D eigenvalue weighted by Crippen LogP contribution is 2.30. The second kappa shape index (κ2) is 6.40. The summed E-state index contributed by atoms with van der Waals surface area (Å²) in [6.07, 6.45) is -1.29. The van der Waals surface area contributed by atoms with E-state index in [4.69, 9.17) is 0 Å². The van der Waals surface area contributed by atoms with E-state index in [1.165, 1.54) is 18.2 Å². The van der Waals surface area contributed by atoms with Crippen LogP contribution in [-0.4, -0.2) is 50.4 Å². The fourth-order valence-electron chi connectivity index (χ4n) is 2.01. The first-order valence-electron chi connectivity index (χ1n) is 6.09. The Kier molecular flexibility index (Phi) is 5.14. The maximum atomic E-state index is 11.3. The van der Waals surface area contributed by atoms with Crippen molar-refractivity contribution in [1.82, 2.24) is 4.90 Å². The Labute approximate surface area is 111 Å². The summed E-state index contributed by atoms with van der Waals surface area (Å²) in [4.78, 5) is 12.9. The number of phenols is 2. The van der Waals surface area contributed by atoms with E-state index in [2.05, 4.69) is 0 Å². The largest absolute Gasteiger partial charge is 0.504 e. The normalized spacial score (nSPS) is 14.3. The van der Waals surface area contributed by atoms with Gasteiger partial charge < -0.3 is 20.4 Å². The number of benzene rings is 1. The zero-order valence-electron chi connectivity index (χ0n) is 10.9. The van der Waals surface area contributed by atoms with Gasteiger partial charge in [-0.3, -0.25) is 9.69 Å². The third-order valence-electron chi connectivity index (χ3n) is 3.10. The van der Waals surface area contributed by atoms with Crippen LogP contribution in [0.2, 0.25) is 0 Å². The van der Waals surface area contributed by atoms with Crippen LogP contribution >= 0.6 is 0 Å². The average Bonchev–Trinajstić information content (AvgIpc) is 2.37. The van der Waals surface area contributed by atoms with Crippen LogP contribution in [0.1, 0.15) is 25.5 Å². The number of nitrogens with zero attached hydrogens (tertiary/aromatic N) is 1. The monoisotopic (exact) mass is 269 g/mol. The molecule has 0 aliphatic rings. The van der Waals surface area contributed by atoms with Crippen LogP contribution in [0.25, 0.3) is 0 Å². The van der Waals surface area contributed by atoms with Gasteiger partial charge in [-0.05, 0) is 30.8 Å². The highest BCUT2D eigenvalue weighted by molar-refractivity contribution is 5.74. The number of rotatable bonds is 6. The summed E-state index contributed by atoms with van der Waals surface area (Å²) in [6.45, 7) is 4.57. The van der Waals surface area contributed by atoms with E-state index >= 15 is 0 Å². The Bertz CT molecular complexity index is 445. The van der Waals surface area contributed by atoms with Crippen LogP contribution in [0.5, 0.6) is 11.5 Å². The number of likely N-dealkylation sites (N-methyl/N-ethyl adjacent to an activating group) is 1. The molecule has 0 saturated heterocycles. The van der Waals surface area contributed by atoms with Crippen LogP contribution < -0.4 is 0 Å². The van der Waals surface area contributed by atoms with Gasteiger partial charge in [0.1, 0.15) is 12.1 Å². The molecule has 0 bridgehead atoms. The number of hydrogen-bond donors (Lipinski definition) is 4. The van der Waals surface area contributed by atoms with Crippen molar-refractivity contribution in [3.8, 4) is 11.5 Å². The van der Waals surface area contributed by atoms with Crippen LogP contribution in [0, 0.1) is 0 Å². The molecule has 1 aromatic rings.